The smallest absolute Gasteiger partial charge is 0.254 e. The van der Waals surface area contributed by atoms with E-state index in [4.69, 9.17) is 4.98 Å². The number of rotatable bonds is 5. The van der Waals surface area contributed by atoms with Crippen LogP contribution in [-0.2, 0) is 31.1 Å². The molecule has 1 aliphatic rings. The summed E-state index contributed by atoms with van der Waals surface area (Å²) in [5.41, 5.74) is 4.38. The Morgan fingerprint density at radius 3 is 2.64 bits per heavy atom. The number of benzene rings is 2. The maximum atomic E-state index is 12.9. The Morgan fingerprint density at radius 1 is 1.06 bits per heavy atom. The molecule has 1 atom stereocenters. The first-order chi connectivity index (χ1) is 16.1. The second-order valence-corrected chi connectivity index (χ2v) is 8.60. The number of imidazole rings is 1. The van der Waals surface area contributed by atoms with Crippen LogP contribution < -0.4 is 10.9 Å². The SMILES string of the molecule is Cn1c(CCNC(=O)C2CCc3nc(-c4ccccc4)[nH]c(=O)c3CC2)nc2ccccc21. The molecule has 0 saturated heterocycles. The van der Waals surface area contributed by atoms with Gasteiger partial charge < -0.3 is 14.9 Å². The molecule has 7 nitrogen and oxygen atoms in total. The van der Waals surface area contributed by atoms with Gasteiger partial charge in [0.15, 0.2) is 0 Å². The predicted octanol–water partition coefficient (Wildman–Crippen LogP) is 3.18. The van der Waals surface area contributed by atoms with Crippen LogP contribution in [0.25, 0.3) is 22.4 Å². The van der Waals surface area contributed by atoms with Crippen molar-refractivity contribution in [3.05, 3.63) is 82.0 Å². The molecule has 2 aromatic carbocycles. The summed E-state index contributed by atoms with van der Waals surface area (Å²) in [7, 11) is 2.00. The van der Waals surface area contributed by atoms with E-state index < -0.39 is 0 Å². The van der Waals surface area contributed by atoms with Gasteiger partial charge in [-0.15, -0.1) is 0 Å². The minimum absolute atomic E-state index is 0.0429. The number of carbonyl (C=O) groups excluding carboxylic acids is 1. The highest BCUT2D eigenvalue weighted by molar-refractivity contribution is 5.79. The van der Waals surface area contributed by atoms with Gasteiger partial charge in [-0.3, -0.25) is 9.59 Å². The van der Waals surface area contributed by atoms with Crippen molar-refractivity contribution in [1.82, 2.24) is 24.8 Å². The zero-order valence-corrected chi connectivity index (χ0v) is 18.7. The van der Waals surface area contributed by atoms with E-state index in [1.165, 1.54) is 0 Å². The van der Waals surface area contributed by atoms with Crippen molar-refractivity contribution in [2.75, 3.05) is 6.54 Å². The molecule has 0 fully saturated rings. The molecule has 1 unspecified atom stereocenters. The summed E-state index contributed by atoms with van der Waals surface area (Å²) < 4.78 is 2.08. The normalized spacial score (nSPS) is 15.7. The number of aromatic amines is 1. The van der Waals surface area contributed by atoms with Crippen LogP contribution in [0.1, 0.15) is 29.9 Å². The van der Waals surface area contributed by atoms with Gasteiger partial charge in [0.25, 0.3) is 5.56 Å². The second-order valence-electron chi connectivity index (χ2n) is 8.60. The summed E-state index contributed by atoms with van der Waals surface area (Å²) in [6.07, 6.45) is 3.21. The maximum Gasteiger partial charge on any atom is 0.254 e. The van der Waals surface area contributed by atoms with Crippen molar-refractivity contribution in [2.45, 2.75) is 32.1 Å². The van der Waals surface area contributed by atoms with Crippen molar-refractivity contribution in [3.8, 4) is 11.4 Å². The van der Waals surface area contributed by atoms with E-state index in [2.05, 4.69) is 19.9 Å². The number of aryl methyl sites for hydroxylation is 2. The third-order valence-corrected chi connectivity index (χ3v) is 6.52. The molecular weight excluding hydrogens is 414 g/mol. The van der Waals surface area contributed by atoms with Gasteiger partial charge in [-0.25, -0.2) is 9.97 Å². The Morgan fingerprint density at radius 2 is 1.82 bits per heavy atom. The zero-order chi connectivity index (χ0) is 22.8. The summed E-state index contributed by atoms with van der Waals surface area (Å²) in [5.74, 6) is 1.46. The van der Waals surface area contributed by atoms with Gasteiger partial charge in [-0.1, -0.05) is 42.5 Å². The van der Waals surface area contributed by atoms with Crippen LogP contribution in [0.15, 0.2) is 59.4 Å². The largest absolute Gasteiger partial charge is 0.355 e. The molecule has 7 heteroatoms. The van der Waals surface area contributed by atoms with Gasteiger partial charge in [-0.05, 0) is 37.8 Å². The molecule has 1 amide bonds. The standard InChI is InChI=1S/C26H27N5O2/c1-31-22-10-6-5-9-21(22)28-23(31)15-16-27-25(32)18-11-13-19-20(14-12-18)29-24(30-26(19)33)17-7-3-2-4-8-17/h2-10,18H,11-16H2,1H3,(H,27,32)(H,29,30,33). The molecule has 0 saturated carbocycles. The number of aromatic nitrogens is 4. The molecule has 2 heterocycles. The number of amides is 1. The summed E-state index contributed by atoms with van der Waals surface area (Å²) >= 11 is 0. The molecule has 0 bridgehead atoms. The minimum atomic E-state index is -0.126. The van der Waals surface area contributed by atoms with E-state index in [0.717, 1.165) is 28.1 Å². The highest BCUT2D eigenvalue weighted by Gasteiger charge is 2.25. The van der Waals surface area contributed by atoms with Crippen LogP contribution in [0, 0.1) is 5.92 Å². The summed E-state index contributed by atoms with van der Waals surface area (Å²) in [6.45, 7) is 0.538. The molecule has 2 aromatic heterocycles. The molecule has 1 aliphatic carbocycles. The number of hydrogen-bond donors (Lipinski definition) is 2. The molecule has 0 aliphatic heterocycles. The molecule has 4 aromatic rings. The lowest BCUT2D eigenvalue weighted by molar-refractivity contribution is -0.125. The summed E-state index contributed by atoms with van der Waals surface area (Å²) in [4.78, 5) is 37.9. The highest BCUT2D eigenvalue weighted by Crippen LogP contribution is 2.23. The Labute approximate surface area is 191 Å². The summed E-state index contributed by atoms with van der Waals surface area (Å²) in [6, 6.07) is 17.7. The van der Waals surface area contributed by atoms with Crippen molar-refractivity contribution in [2.24, 2.45) is 13.0 Å². The fraction of sp³-hybridized carbons (Fsp3) is 0.308. The van der Waals surface area contributed by atoms with E-state index in [0.29, 0.717) is 50.0 Å². The highest BCUT2D eigenvalue weighted by atomic mass is 16.2. The van der Waals surface area contributed by atoms with Crippen LogP contribution in [0.2, 0.25) is 0 Å². The molecule has 33 heavy (non-hydrogen) atoms. The average Bonchev–Trinajstić information content (AvgIpc) is 3.01. The van der Waals surface area contributed by atoms with Gasteiger partial charge in [-0.2, -0.15) is 0 Å². The first-order valence-corrected chi connectivity index (χ1v) is 11.5. The predicted molar refractivity (Wildman–Crippen MR) is 128 cm³/mol. The molecule has 0 spiro atoms. The minimum Gasteiger partial charge on any atom is -0.355 e. The maximum absolute atomic E-state index is 12.9. The van der Waals surface area contributed by atoms with E-state index in [1.807, 2.05) is 61.6 Å². The Balaban J connectivity index is 1.22. The van der Waals surface area contributed by atoms with Gasteiger partial charge in [0.2, 0.25) is 5.91 Å². The number of nitrogens with one attached hydrogen (secondary N) is 2. The number of para-hydroxylation sites is 2. The van der Waals surface area contributed by atoms with Gasteiger partial charge in [0.1, 0.15) is 11.6 Å². The first kappa shape index (κ1) is 21.1. The average molecular weight is 442 g/mol. The lowest BCUT2D eigenvalue weighted by atomic mass is 9.99. The van der Waals surface area contributed by atoms with Gasteiger partial charge in [0.05, 0.1) is 16.7 Å². The topological polar surface area (TPSA) is 92.7 Å². The van der Waals surface area contributed by atoms with Gasteiger partial charge in [0, 0.05) is 37.1 Å². The Kier molecular flexibility index (Phi) is 5.77. The molecule has 5 rings (SSSR count). The molecule has 2 N–H and O–H groups in total. The number of carbonyl (C=O) groups is 1. The lowest BCUT2D eigenvalue weighted by Crippen LogP contribution is -2.32. The molecule has 168 valence electrons. The van der Waals surface area contributed by atoms with Crippen LogP contribution in [0.4, 0.5) is 0 Å². The number of fused-ring (bicyclic) bond motifs is 2. The van der Waals surface area contributed by atoms with Crippen LogP contribution >= 0.6 is 0 Å². The fourth-order valence-electron chi connectivity index (χ4n) is 4.64. The quantitative estimate of drug-likeness (QED) is 0.465. The monoisotopic (exact) mass is 441 g/mol. The van der Waals surface area contributed by atoms with E-state index in [1.54, 1.807) is 0 Å². The van der Waals surface area contributed by atoms with Crippen molar-refractivity contribution >= 4 is 16.9 Å². The Bertz CT molecular complexity index is 1360. The van der Waals surface area contributed by atoms with Crippen molar-refractivity contribution < 1.29 is 4.79 Å². The number of hydrogen-bond acceptors (Lipinski definition) is 4. The van der Waals surface area contributed by atoms with Crippen molar-refractivity contribution in [1.29, 1.82) is 0 Å². The summed E-state index contributed by atoms with van der Waals surface area (Å²) in [5, 5.41) is 3.08. The molecule has 0 radical (unpaired) electrons. The first-order valence-electron chi connectivity index (χ1n) is 11.5. The zero-order valence-electron chi connectivity index (χ0n) is 18.7. The second kappa shape index (κ2) is 9.02. The lowest BCUT2D eigenvalue weighted by Gasteiger charge is -2.14. The van der Waals surface area contributed by atoms with E-state index in [9.17, 15) is 9.59 Å². The van der Waals surface area contributed by atoms with Crippen LogP contribution in [-0.4, -0.2) is 32.0 Å². The van der Waals surface area contributed by atoms with Crippen molar-refractivity contribution in [3.63, 3.8) is 0 Å². The molecular formula is C26H27N5O2. The third kappa shape index (κ3) is 4.31. The van der Waals surface area contributed by atoms with Crippen LogP contribution in [0.5, 0.6) is 0 Å². The van der Waals surface area contributed by atoms with Gasteiger partial charge >= 0.3 is 0 Å². The van der Waals surface area contributed by atoms with E-state index >= 15 is 0 Å². The number of H-pyrrole nitrogens is 1. The van der Waals surface area contributed by atoms with Crippen LogP contribution in [0.3, 0.4) is 0 Å². The Hall–Kier alpha value is -3.74. The fourth-order valence-corrected chi connectivity index (χ4v) is 4.64. The number of nitrogens with zero attached hydrogens (tertiary/aromatic N) is 3. The van der Waals surface area contributed by atoms with E-state index in [-0.39, 0.29) is 17.4 Å². The third-order valence-electron chi connectivity index (χ3n) is 6.52.